The summed E-state index contributed by atoms with van der Waals surface area (Å²) in [6.45, 7) is 2.47. The minimum absolute atomic E-state index is 0.0553. The zero-order valence-electron chi connectivity index (χ0n) is 8.01. The Kier molecular flexibility index (Phi) is 2.32. The molecule has 3 rings (SSSR count). The van der Waals surface area contributed by atoms with E-state index in [0.29, 0.717) is 5.65 Å². The Bertz CT molecular complexity index is 433. The van der Waals surface area contributed by atoms with Gasteiger partial charge in [0.2, 0.25) is 0 Å². The van der Waals surface area contributed by atoms with Gasteiger partial charge in [-0.3, -0.25) is 0 Å². The van der Waals surface area contributed by atoms with Crippen molar-refractivity contribution >= 4 is 21.8 Å². The van der Waals surface area contributed by atoms with Gasteiger partial charge in [-0.15, -0.1) is 0 Å². The van der Waals surface area contributed by atoms with Crippen molar-refractivity contribution in [3.8, 4) is 0 Å². The number of rotatable bonds is 1. The van der Waals surface area contributed by atoms with Crippen LogP contribution in [-0.4, -0.2) is 34.6 Å². The predicted octanol–water partition coefficient (Wildman–Crippen LogP) is 0.747. The molecule has 6 heteroatoms. The SMILES string of the molecule is c1cnc2sc(C3CNCCO3)nc2n1. The van der Waals surface area contributed by atoms with E-state index in [1.807, 2.05) is 0 Å². The summed E-state index contributed by atoms with van der Waals surface area (Å²) in [5, 5.41) is 4.24. The van der Waals surface area contributed by atoms with Crippen molar-refractivity contribution in [3.05, 3.63) is 17.4 Å². The fourth-order valence-electron chi connectivity index (χ4n) is 1.55. The molecule has 1 unspecified atom stereocenters. The molecule has 0 amide bonds. The lowest BCUT2D eigenvalue weighted by Crippen LogP contribution is -2.33. The maximum atomic E-state index is 5.62. The van der Waals surface area contributed by atoms with Crippen molar-refractivity contribution in [3.63, 3.8) is 0 Å². The number of hydrogen-bond donors (Lipinski definition) is 1. The van der Waals surface area contributed by atoms with Crippen LogP contribution in [0, 0.1) is 0 Å². The third kappa shape index (κ3) is 1.71. The summed E-state index contributed by atoms with van der Waals surface area (Å²) in [6.07, 6.45) is 3.40. The number of nitrogens with zero attached hydrogens (tertiary/aromatic N) is 3. The second kappa shape index (κ2) is 3.80. The van der Waals surface area contributed by atoms with Gasteiger partial charge in [-0.2, -0.15) is 0 Å². The van der Waals surface area contributed by atoms with E-state index in [9.17, 15) is 0 Å². The van der Waals surface area contributed by atoms with Crippen molar-refractivity contribution < 1.29 is 4.74 Å². The maximum absolute atomic E-state index is 5.62. The highest BCUT2D eigenvalue weighted by molar-refractivity contribution is 7.18. The number of morpholine rings is 1. The van der Waals surface area contributed by atoms with Gasteiger partial charge in [0.25, 0.3) is 0 Å². The number of fused-ring (bicyclic) bond motifs is 1. The first-order chi connectivity index (χ1) is 7.43. The van der Waals surface area contributed by atoms with E-state index in [2.05, 4.69) is 20.3 Å². The van der Waals surface area contributed by atoms with Crippen LogP contribution < -0.4 is 5.32 Å². The summed E-state index contributed by atoms with van der Waals surface area (Å²) < 4.78 is 5.62. The highest BCUT2D eigenvalue weighted by Gasteiger charge is 2.20. The normalized spacial score (nSPS) is 22.0. The number of thiazole rings is 1. The van der Waals surface area contributed by atoms with Crippen molar-refractivity contribution in [1.29, 1.82) is 0 Å². The Morgan fingerprint density at radius 3 is 3.13 bits per heavy atom. The van der Waals surface area contributed by atoms with Crippen LogP contribution in [0.25, 0.3) is 10.5 Å². The van der Waals surface area contributed by atoms with Crippen LogP contribution in [0.1, 0.15) is 11.1 Å². The molecule has 2 aromatic heterocycles. The van der Waals surface area contributed by atoms with Gasteiger partial charge in [0.15, 0.2) is 10.5 Å². The molecule has 1 fully saturated rings. The van der Waals surface area contributed by atoms with Crippen molar-refractivity contribution in [2.24, 2.45) is 0 Å². The molecule has 0 bridgehead atoms. The predicted molar refractivity (Wildman–Crippen MR) is 56.8 cm³/mol. The topological polar surface area (TPSA) is 59.9 Å². The van der Waals surface area contributed by atoms with Crippen LogP contribution in [0.4, 0.5) is 0 Å². The molecule has 15 heavy (non-hydrogen) atoms. The van der Waals surface area contributed by atoms with Gasteiger partial charge >= 0.3 is 0 Å². The van der Waals surface area contributed by atoms with E-state index in [4.69, 9.17) is 4.74 Å². The molecule has 2 aromatic rings. The number of ether oxygens (including phenoxy) is 1. The van der Waals surface area contributed by atoms with Crippen molar-refractivity contribution in [1.82, 2.24) is 20.3 Å². The Labute approximate surface area is 90.5 Å². The summed E-state index contributed by atoms with van der Waals surface area (Å²) >= 11 is 1.55. The molecular weight excluding hydrogens is 212 g/mol. The zero-order chi connectivity index (χ0) is 10.1. The second-order valence-electron chi connectivity index (χ2n) is 3.30. The third-order valence-electron chi connectivity index (χ3n) is 2.27. The number of aromatic nitrogens is 3. The molecule has 0 radical (unpaired) electrons. The van der Waals surface area contributed by atoms with Gasteiger partial charge in [0.1, 0.15) is 11.1 Å². The minimum atomic E-state index is 0.0553. The van der Waals surface area contributed by atoms with Crippen molar-refractivity contribution in [2.75, 3.05) is 19.7 Å². The van der Waals surface area contributed by atoms with Crippen LogP contribution >= 0.6 is 11.3 Å². The van der Waals surface area contributed by atoms with Crippen molar-refractivity contribution in [2.45, 2.75) is 6.10 Å². The first-order valence-corrected chi connectivity index (χ1v) is 5.65. The Morgan fingerprint density at radius 2 is 2.33 bits per heavy atom. The third-order valence-corrected chi connectivity index (χ3v) is 3.31. The Morgan fingerprint density at radius 1 is 1.40 bits per heavy atom. The molecule has 0 spiro atoms. The van der Waals surface area contributed by atoms with Gasteiger partial charge in [-0.1, -0.05) is 11.3 Å². The molecule has 0 aliphatic carbocycles. The molecule has 5 nitrogen and oxygen atoms in total. The van der Waals surface area contributed by atoms with Crippen LogP contribution in [0.2, 0.25) is 0 Å². The van der Waals surface area contributed by atoms with E-state index in [1.54, 1.807) is 23.7 Å². The molecule has 1 aliphatic heterocycles. The maximum Gasteiger partial charge on any atom is 0.189 e. The average molecular weight is 222 g/mol. The molecule has 0 aromatic carbocycles. The molecule has 1 atom stereocenters. The first kappa shape index (κ1) is 9.14. The Hall–Kier alpha value is -1.11. The van der Waals surface area contributed by atoms with E-state index in [-0.39, 0.29) is 6.10 Å². The largest absolute Gasteiger partial charge is 0.368 e. The average Bonchev–Trinajstić information content (AvgIpc) is 2.74. The summed E-state index contributed by atoms with van der Waals surface area (Å²) in [6, 6.07) is 0. The van der Waals surface area contributed by atoms with Gasteiger partial charge in [-0.25, -0.2) is 15.0 Å². The van der Waals surface area contributed by atoms with Crippen LogP contribution in [0.5, 0.6) is 0 Å². The first-order valence-electron chi connectivity index (χ1n) is 4.83. The quantitative estimate of drug-likeness (QED) is 0.771. The lowest BCUT2D eigenvalue weighted by Gasteiger charge is -2.21. The fourth-order valence-corrected chi connectivity index (χ4v) is 2.47. The molecule has 1 N–H and O–H groups in total. The summed E-state index contributed by atoms with van der Waals surface area (Å²) in [4.78, 5) is 13.7. The zero-order valence-corrected chi connectivity index (χ0v) is 8.83. The van der Waals surface area contributed by atoms with Crippen LogP contribution in [0.15, 0.2) is 12.4 Å². The highest BCUT2D eigenvalue weighted by atomic mass is 32.1. The van der Waals surface area contributed by atoms with Gasteiger partial charge < -0.3 is 10.1 Å². The molecule has 1 aliphatic rings. The second-order valence-corrected chi connectivity index (χ2v) is 4.31. The van der Waals surface area contributed by atoms with Gasteiger partial charge in [0, 0.05) is 25.5 Å². The molecule has 3 heterocycles. The van der Waals surface area contributed by atoms with Crippen LogP contribution in [-0.2, 0) is 4.74 Å². The lowest BCUT2D eigenvalue weighted by atomic mass is 10.3. The summed E-state index contributed by atoms with van der Waals surface area (Å²) in [5.41, 5.74) is 0.715. The molecular formula is C9H10N4OS. The number of hydrogen-bond acceptors (Lipinski definition) is 6. The highest BCUT2D eigenvalue weighted by Crippen LogP contribution is 2.26. The van der Waals surface area contributed by atoms with Crippen LogP contribution in [0.3, 0.4) is 0 Å². The smallest absolute Gasteiger partial charge is 0.189 e. The lowest BCUT2D eigenvalue weighted by molar-refractivity contribution is 0.0276. The fraction of sp³-hybridized carbons (Fsp3) is 0.444. The van der Waals surface area contributed by atoms with E-state index in [1.165, 1.54) is 0 Å². The molecule has 78 valence electrons. The monoisotopic (exact) mass is 222 g/mol. The van der Waals surface area contributed by atoms with E-state index in [0.717, 1.165) is 29.5 Å². The standard InChI is InChI=1S/C9H10N4OS/c1-2-12-9-7(11-1)13-8(15-9)6-5-10-3-4-14-6/h1-2,6,10H,3-5H2. The Balaban J connectivity index is 1.96. The molecule has 0 saturated carbocycles. The minimum Gasteiger partial charge on any atom is -0.368 e. The number of nitrogens with one attached hydrogen (secondary N) is 1. The van der Waals surface area contributed by atoms with E-state index < -0.39 is 0 Å². The summed E-state index contributed by atoms with van der Waals surface area (Å²) in [5.74, 6) is 0. The van der Waals surface area contributed by atoms with E-state index >= 15 is 0 Å². The summed E-state index contributed by atoms with van der Waals surface area (Å²) in [7, 11) is 0. The molecule has 1 saturated heterocycles. The van der Waals surface area contributed by atoms with Gasteiger partial charge in [0.05, 0.1) is 6.61 Å². The van der Waals surface area contributed by atoms with Gasteiger partial charge in [-0.05, 0) is 0 Å².